The van der Waals surface area contributed by atoms with Crippen LogP contribution in [0.3, 0.4) is 0 Å². The summed E-state index contributed by atoms with van der Waals surface area (Å²) in [5, 5.41) is 4.03. The summed E-state index contributed by atoms with van der Waals surface area (Å²) in [7, 11) is 1.63. The molecule has 0 radical (unpaired) electrons. The van der Waals surface area contributed by atoms with Gasteiger partial charge in [0, 0.05) is 36.0 Å². The monoisotopic (exact) mass is 422 g/mol. The molecule has 6 nitrogen and oxygen atoms in total. The van der Waals surface area contributed by atoms with Crippen molar-refractivity contribution in [3.63, 3.8) is 0 Å². The molecule has 0 aliphatic heterocycles. The smallest absolute Gasteiger partial charge is 0.306 e. The van der Waals surface area contributed by atoms with Crippen molar-refractivity contribution in [1.29, 1.82) is 0 Å². The van der Waals surface area contributed by atoms with Crippen LogP contribution in [0, 0.1) is 5.92 Å². The topological polar surface area (TPSA) is 80.4 Å². The minimum atomic E-state index is -0.341. The normalized spacial score (nSPS) is 12.0. The first kappa shape index (κ1) is 22.4. The Morgan fingerprint density at radius 1 is 1.06 bits per heavy atom. The van der Waals surface area contributed by atoms with E-state index >= 15 is 0 Å². The van der Waals surface area contributed by atoms with Crippen LogP contribution in [0.5, 0.6) is 5.75 Å². The molecule has 0 spiro atoms. The zero-order valence-corrected chi connectivity index (χ0v) is 18.3. The third kappa shape index (κ3) is 6.10. The number of hydrogen-bond donors (Lipinski definition) is 2. The molecule has 3 aromatic rings. The summed E-state index contributed by atoms with van der Waals surface area (Å²) in [4.78, 5) is 27.4. The molecule has 0 fully saturated rings. The van der Waals surface area contributed by atoms with Gasteiger partial charge in [0.05, 0.1) is 7.11 Å². The lowest BCUT2D eigenvalue weighted by Crippen LogP contribution is -2.32. The average Bonchev–Trinajstić information content (AvgIpc) is 3.21. The van der Waals surface area contributed by atoms with Gasteiger partial charge in [0.25, 0.3) is 5.91 Å². The fraction of sp³-hybridized carbons (Fsp3) is 0.360. The fourth-order valence-electron chi connectivity index (χ4n) is 3.52. The highest BCUT2D eigenvalue weighted by Gasteiger charge is 2.19. The zero-order valence-electron chi connectivity index (χ0n) is 18.3. The summed E-state index contributed by atoms with van der Waals surface area (Å²) < 4.78 is 10.4. The van der Waals surface area contributed by atoms with Crippen molar-refractivity contribution in [2.24, 2.45) is 5.92 Å². The average molecular weight is 423 g/mol. The molecule has 0 saturated heterocycles. The minimum absolute atomic E-state index is 0.0670. The van der Waals surface area contributed by atoms with Crippen molar-refractivity contribution in [2.75, 3.05) is 20.3 Å². The van der Waals surface area contributed by atoms with Gasteiger partial charge in [-0.2, -0.15) is 0 Å². The van der Waals surface area contributed by atoms with E-state index in [1.165, 1.54) is 0 Å². The molecule has 1 heterocycles. The Balaban J connectivity index is 1.70. The molecule has 164 valence electrons. The van der Waals surface area contributed by atoms with E-state index < -0.39 is 0 Å². The number of carbonyl (C=O) groups excluding carboxylic acids is 2. The molecular weight excluding hydrogens is 392 g/mol. The third-order valence-electron chi connectivity index (χ3n) is 5.31. The van der Waals surface area contributed by atoms with Gasteiger partial charge >= 0.3 is 5.97 Å². The van der Waals surface area contributed by atoms with E-state index in [2.05, 4.69) is 16.4 Å². The SMILES string of the molecule is COc1ccc([C@@H](CNC(=O)COC(=O)CCC(C)C)c2c[nH]c3ccccc23)cc1. The maximum Gasteiger partial charge on any atom is 0.306 e. The van der Waals surface area contributed by atoms with Gasteiger partial charge in [-0.3, -0.25) is 9.59 Å². The highest BCUT2D eigenvalue weighted by atomic mass is 16.5. The van der Waals surface area contributed by atoms with E-state index in [9.17, 15) is 9.59 Å². The fourth-order valence-corrected chi connectivity index (χ4v) is 3.52. The summed E-state index contributed by atoms with van der Waals surface area (Å²) in [6.45, 7) is 4.21. The number of fused-ring (bicyclic) bond motifs is 1. The Morgan fingerprint density at radius 3 is 2.52 bits per heavy atom. The number of amides is 1. The van der Waals surface area contributed by atoms with E-state index in [1.54, 1.807) is 7.11 Å². The molecule has 2 aromatic carbocycles. The van der Waals surface area contributed by atoms with Gasteiger partial charge in [0.2, 0.25) is 0 Å². The van der Waals surface area contributed by atoms with Crippen LogP contribution in [0.25, 0.3) is 10.9 Å². The lowest BCUT2D eigenvalue weighted by atomic mass is 9.91. The second kappa shape index (κ2) is 10.7. The molecule has 1 atom stereocenters. The van der Waals surface area contributed by atoms with Crippen molar-refractivity contribution in [3.8, 4) is 5.75 Å². The lowest BCUT2D eigenvalue weighted by Gasteiger charge is -2.18. The molecule has 0 aliphatic carbocycles. The summed E-state index contributed by atoms with van der Waals surface area (Å²) in [5.41, 5.74) is 3.19. The quantitative estimate of drug-likeness (QED) is 0.475. The Labute approximate surface area is 182 Å². The largest absolute Gasteiger partial charge is 0.497 e. The maximum absolute atomic E-state index is 12.3. The number of methoxy groups -OCH3 is 1. The van der Waals surface area contributed by atoms with Crippen molar-refractivity contribution in [2.45, 2.75) is 32.6 Å². The summed E-state index contributed by atoms with van der Waals surface area (Å²) >= 11 is 0. The first-order valence-corrected chi connectivity index (χ1v) is 10.6. The number of aromatic amines is 1. The Kier molecular flexibility index (Phi) is 7.70. The third-order valence-corrected chi connectivity index (χ3v) is 5.31. The molecule has 0 unspecified atom stereocenters. The van der Waals surface area contributed by atoms with Crippen LogP contribution in [0.2, 0.25) is 0 Å². The number of esters is 1. The Morgan fingerprint density at radius 2 is 1.81 bits per heavy atom. The molecule has 2 N–H and O–H groups in total. The summed E-state index contributed by atoms with van der Waals surface area (Å²) in [5.74, 6) is 0.479. The molecule has 0 aliphatic rings. The number of aromatic nitrogens is 1. The highest BCUT2D eigenvalue weighted by Crippen LogP contribution is 2.31. The van der Waals surface area contributed by atoms with Crippen LogP contribution in [0.4, 0.5) is 0 Å². The number of carbonyl (C=O) groups is 2. The van der Waals surface area contributed by atoms with Crippen LogP contribution >= 0.6 is 0 Å². The Bertz CT molecular complexity index is 1010. The van der Waals surface area contributed by atoms with Crippen LogP contribution < -0.4 is 10.1 Å². The van der Waals surface area contributed by atoms with Gasteiger partial charge in [-0.05, 0) is 41.7 Å². The number of H-pyrrole nitrogens is 1. The number of nitrogens with one attached hydrogen (secondary N) is 2. The van der Waals surface area contributed by atoms with Crippen LogP contribution in [-0.2, 0) is 14.3 Å². The van der Waals surface area contributed by atoms with Crippen molar-refractivity contribution >= 4 is 22.8 Å². The van der Waals surface area contributed by atoms with Crippen molar-refractivity contribution in [1.82, 2.24) is 10.3 Å². The number of para-hydroxylation sites is 1. The van der Waals surface area contributed by atoms with Crippen LogP contribution in [0.15, 0.2) is 54.7 Å². The molecule has 31 heavy (non-hydrogen) atoms. The zero-order chi connectivity index (χ0) is 22.2. The Hall–Kier alpha value is -3.28. The second-order valence-corrected chi connectivity index (χ2v) is 8.01. The van der Waals surface area contributed by atoms with Gasteiger partial charge in [0.1, 0.15) is 5.75 Å². The molecule has 6 heteroatoms. The van der Waals surface area contributed by atoms with E-state index in [1.807, 2.05) is 62.5 Å². The number of ether oxygens (including phenoxy) is 2. The van der Waals surface area contributed by atoms with Crippen LogP contribution in [-0.4, -0.2) is 37.1 Å². The predicted molar refractivity (Wildman–Crippen MR) is 121 cm³/mol. The van der Waals surface area contributed by atoms with E-state index in [4.69, 9.17) is 9.47 Å². The molecule has 0 saturated carbocycles. The van der Waals surface area contributed by atoms with Crippen molar-refractivity contribution in [3.05, 3.63) is 65.9 Å². The molecule has 3 rings (SSSR count). The van der Waals surface area contributed by atoms with Gasteiger partial charge < -0.3 is 19.8 Å². The lowest BCUT2D eigenvalue weighted by molar-refractivity contribution is -0.148. The second-order valence-electron chi connectivity index (χ2n) is 8.01. The van der Waals surface area contributed by atoms with E-state index in [-0.39, 0.29) is 24.4 Å². The summed E-state index contributed by atoms with van der Waals surface area (Å²) in [6.07, 6.45) is 3.06. The molecular formula is C25H30N2O4. The summed E-state index contributed by atoms with van der Waals surface area (Å²) in [6, 6.07) is 15.9. The van der Waals surface area contributed by atoms with Crippen LogP contribution in [0.1, 0.15) is 43.7 Å². The van der Waals surface area contributed by atoms with E-state index in [0.717, 1.165) is 34.2 Å². The first-order chi connectivity index (χ1) is 15.0. The van der Waals surface area contributed by atoms with Gasteiger partial charge in [0.15, 0.2) is 6.61 Å². The number of rotatable bonds is 10. The standard InChI is InChI=1S/C25H30N2O4/c1-17(2)8-13-25(29)31-16-24(28)27-14-21(18-9-11-19(30-3)12-10-18)22-15-26-23-7-5-4-6-20(22)23/h4-7,9-12,15,17,21,26H,8,13-14,16H2,1-3H3,(H,27,28)/t21-/m1/s1. The molecule has 1 aromatic heterocycles. The van der Waals surface area contributed by atoms with Gasteiger partial charge in [-0.15, -0.1) is 0 Å². The van der Waals surface area contributed by atoms with Crippen molar-refractivity contribution < 1.29 is 19.1 Å². The first-order valence-electron chi connectivity index (χ1n) is 10.6. The molecule has 0 bridgehead atoms. The minimum Gasteiger partial charge on any atom is -0.497 e. The van der Waals surface area contributed by atoms with Gasteiger partial charge in [-0.25, -0.2) is 0 Å². The number of benzene rings is 2. The molecule has 1 amide bonds. The predicted octanol–water partition coefficient (Wildman–Crippen LogP) is 4.40. The highest BCUT2D eigenvalue weighted by molar-refractivity contribution is 5.84. The maximum atomic E-state index is 12.3. The number of hydrogen-bond acceptors (Lipinski definition) is 4. The van der Waals surface area contributed by atoms with Gasteiger partial charge in [-0.1, -0.05) is 44.2 Å². The van der Waals surface area contributed by atoms with E-state index in [0.29, 0.717) is 18.9 Å².